The van der Waals surface area contributed by atoms with Crippen molar-refractivity contribution in [2.75, 3.05) is 39.3 Å². The van der Waals surface area contributed by atoms with Crippen LogP contribution in [0.25, 0.3) is 0 Å². The van der Waals surface area contributed by atoms with Crippen LogP contribution < -0.4 is 0 Å². The lowest BCUT2D eigenvalue weighted by Crippen LogP contribution is -2.64. The molecule has 0 saturated carbocycles. The fourth-order valence-electron chi connectivity index (χ4n) is 3.97. The summed E-state index contributed by atoms with van der Waals surface area (Å²) < 4.78 is 0. The van der Waals surface area contributed by atoms with Gasteiger partial charge in [-0.1, -0.05) is 0 Å². The Morgan fingerprint density at radius 2 is 1.89 bits per heavy atom. The minimum absolute atomic E-state index is 0.00530. The number of carbonyl (C=O) groups excluding carboxylic acids is 2. The number of carbonyl (C=O) groups is 2. The number of H-pyrrole nitrogens is 2. The Kier molecular flexibility index (Phi) is 5.17. The minimum Gasteiger partial charge on any atom is -0.346 e. The van der Waals surface area contributed by atoms with Crippen molar-refractivity contribution in [2.45, 2.75) is 32.7 Å². The SMILES string of the molecule is Cc1nc(C(=O)N2CCN(C3CN(C(=O)CCc4ccn[nH]4)C3)CC2)c(C)[nH]1. The number of rotatable bonds is 5. The van der Waals surface area contributed by atoms with E-state index >= 15 is 0 Å². The molecule has 2 aliphatic rings. The lowest BCUT2D eigenvalue weighted by Gasteiger charge is -2.48. The number of nitrogens with zero attached hydrogens (tertiary/aromatic N) is 5. The number of hydrogen-bond acceptors (Lipinski definition) is 5. The normalized spacial score (nSPS) is 18.4. The molecule has 0 bridgehead atoms. The molecule has 2 amide bonds. The molecule has 2 saturated heterocycles. The Labute approximate surface area is 164 Å². The van der Waals surface area contributed by atoms with Crippen LogP contribution in [-0.2, 0) is 11.2 Å². The number of nitrogens with one attached hydrogen (secondary N) is 2. The van der Waals surface area contributed by atoms with Crippen molar-refractivity contribution in [2.24, 2.45) is 0 Å². The van der Waals surface area contributed by atoms with Crippen LogP contribution in [0.3, 0.4) is 0 Å². The van der Waals surface area contributed by atoms with Gasteiger partial charge in [-0.3, -0.25) is 19.6 Å². The third-order valence-electron chi connectivity index (χ3n) is 5.71. The average Bonchev–Trinajstić information content (AvgIpc) is 3.28. The van der Waals surface area contributed by atoms with E-state index in [-0.39, 0.29) is 11.8 Å². The summed E-state index contributed by atoms with van der Waals surface area (Å²) in [6.45, 7) is 8.41. The predicted molar refractivity (Wildman–Crippen MR) is 103 cm³/mol. The van der Waals surface area contributed by atoms with Gasteiger partial charge >= 0.3 is 0 Å². The summed E-state index contributed by atoms with van der Waals surface area (Å²) in [4.78, 5) is 38.6. The number of imidazole rings is 1. The lowest BCUT2D eigenvalue weighted by molar-refractivity contribution is -0.139. The standard InChI is InChI=1S/C19H27N7O2/c1-13-18(22-14(2)21-13)19(28)25-9-7-24(8-10-25)16-11-26(12-16)17(27)4-3-15-5-6-20-23-15/h5-6,16H,3-4,7-12H2,1-2H3,(H,20,23)(H,21,22). The Balaban J connectivity index is 1.20. The van der Waals surface area contributed by atoms with Crippen LogP contribution in [0, 0.1) is 13.8 Å². The maximum absolute atomic E-state index is 12.7. The Hall–Kier alpha value is -2.68. The molecule has 4 heterocycles. The van der Waals surface area contributed by atoms with Gasteiger partial charge in [0.05, 0.1) is 0 Å². The number of aromatic nitrogens is 4. The monoisotopic (exact) mass is 385 g/mol. The van der Waals surface area contributed by atoms with Gasteiger partial charge in [-0.05, 0) is 26.3 Å². The molecule has 0 aliphatic carbocycles. The zero-order valence-corrected chi connectivity index (χ0v) is 16.4. The van der Waals surface area contributed by atoms with E-state index < -0.39 is 0 Å². The first-order chi connectivity index (χ1) is 13.5. The molecule has 0 spiro atoms. The molecule has 9 nitrogen and oxygen atoms in total. The van der Waals surface area contributed by atoms with Gasteiger partial charge in [0.1, 0.15) is 11.5 Å². The predicted octanol–water partition coefficient (Wildman–Crippen LogP) is 0.351. The number of hydrogen-bond donors (Lipinski definition) is 2. The van der Waals surface area contributed by atoms with Gasteiger partial charge in [0.25, 0.3) is 5.91 Å². The first kappa shape index (κ1) is 18.7. The molecular weight excluding hydrogens is 358 g/mol. The van der Waals surface area contributed by atoms with E-state index in [1.54, 1.807) is 6.20 Å². The zero-order valence-electron chi connectivity index (χ0n) is 16.4. The fourth-order valence-corrected chi connectivity index (χ4v) is 3.97. The molecule has 2 aliphatic heterocycles. The molecule has 2 N–H and O–H groups in total. The molecule has 0 unspecified atom stereocenters. The van der Waals surface area contributed by atoms with Crippen molar-refractivity contribution >= 4 is 11.8 Å². The van der Waals surface area contributed by atoms with E-state index in [4.69, 9.17) is 0 Å². The van der Waals surface area contributed by atoms with Crippen LogP contribution in [0.1, 0.15) is 34.1 Å². The molecule has 0 atom stereocenters. The first-order valence-electron chi connectivity index (χ1n) is 9.84. The summed E-state index contributed by atoms with van der Waals surface area (Å²) >= 11 is 0. The van der Waals surface area contributed by atoms with Crippen molar-refractivity contribution < 1.29 is 9.59 Å². The van der Waals surface area contributed by atoms with Crippen molar-refractivity contribution in [3.63, 3.8) is 0 Å². The fraction of sp³-hybridized carbons (Fsp3) is 0.579. The van der Waals surface area contributed by atoms with Crippen LogP contribution >= 0.6 is 0 Å². The summed E-state index contributed by atoms with van der Waals surface area (Å²) in [6.07, 6.45) is 2.92. The number of piperazine rings is 1. The molecule has 2 aromatic rings. The van der Waals surface area contributed by atoms with E-state index in [9.17, 15) is 9.59 Å². The third kappa shape index (κ3) is 3.80. The molecule has 4 rings (SSSR count). The van der Waals surface area contributed by atoms with Gasteiger partial charge in [-0.15, -0.1) is 0 Å². The molecule has 0 aromatic carbocycles. The molecule has 2 fully saturated rings. The molecule has 2 aromatic heterocycles. The van der Waals surface area contributed by atoms with E-state index in [1.165, 1.54) is 0 Å². The summed E-state index contributed by atoms with van der Waals surface area (Å²) in [5.74, 6) is 0.973. The van der Waals surface area contributed by atoms with Gasteiger partial charge in [0, 0.05) is 69.3 Å². The highest BCUT2D eigenvalue weighted by atomic mass is 16.2. The largest absolute Gasteiger partial charge is 0.346 e. The number of aryl methyl sites for hydroxylation is 3. The maximum atomic E-state index is 12.7. The summed E-state index contributed by atoms with van der Waals surface area (Å²) in [5.41, 5.74) is 2.35. The van der Waals surface area contributed by atoms with Gasteiger partial charge < -0.3 is 14.8 Å². The van der Waals surface area contributed by atoms with Crippen LogP contribution in [0.4, 0.5) is 0 Å². The molecular formula is C19H27N7O2. The quantitative estimate of drug-likeness (QED) is 0.773. The lowest BCUT2D eigenvalue weighted by atomic mass is 10.0. The van der Waals surface area contributed by atoms with Crippen molar-refractivity contribution in [3.05, 3.63) is 35.2 Å². The highest BCUT2D eigenvalue weighted by Gasteiger charge is 2.36. The van der Waals surface area contributed by atoms with E-state index in [0.717, 1.165) is 43.4 Å². The van der Waals surface area contributed by atoms with Gasteiger partial charge in [-0.25, -0.2) is 4.98 Å². The summed E-state index contributed by atoms with van der Waals surface area (Å²) in [6, 6.07) is 2.31. The highest BCUT2D eigenvalue weighted by molar-refractivity contribution is 5.93. The Bertz CT molecular complexity index is 831. The Morgan fingerprint density at radius 1 is 1.14 bits per heavy atom. The van der Waals surface area contributed by atoms with Crippen molar-refractivity contribution in [1.29, 1.82) is 0 Å². The Morgan fingerprint density at radius 3 is 2.50 bits per heavy atom. The molecule has 9 heteroatoms. The molecule has 0 radical (unpaired) electrons. The van der Waals surface area contributed by atoms with Crippen LogP contribution in [0.2, 0.25) is 0 Å². The van der Waals surface area contributed by atoms with Gasteiger partial charge in [-0.2, -0.15) is 5.10 Å². The summed E-state index contributed by atoms with van der Waals surface area (Å²) in [5, 5.41) is 6.80. The van der Waals surface area contributed by atoms with Crippen LogP contribution in [-0.4, -0.2) is 92.0 Å². The summed E-state index contributed by atoms with van der Waals surface area (Å²) in [7, 11) is 0. The second kappa shape index (κ2) is 7.75. The van der Waals surface area contributed by atoms with Gasteiger partial charge in [0.15, 0.2) is 0 Å². The minimum atomic E-state index is 0.00530. The van der Waals surface area contributed by atoms with E-state index in [2.05, 4.69) is 25.1 Å². The number of likely N-dealkylation sites (tertiary alicyclic amines) is 1. The number of aromatic amines is 2. The second-order valence-corrected chi connectivity index (χ2v) is 7.66. The average molecular weight is 385 g/mol. The topological polar surface area (TPSA) is 101 Å². The first-order valence-corrected chi connectivity index (χ1v) is 9.84. The van der Waals surface area contributed by atoms with Crippen molar-refractivity contribution in [3.8, 4) is 0 Å². The van der Waals surface area contributed by atoms with Crippen LogP contribution in [0.15, 0.2) is 12.3 Å². The zero-order chi connectivity index (χ0) is 19.7. The maximum Gasteiger partial charge on any atom is 0.274 e. The third-order valence-corrected chi connectivity index (χ3v) is 5.71. The number of amides is 2. The van der Waals surface area contributed by atoms with E-state index in [1.807, 2.05) is 29.7 Å². The van der Waals surface area contributed by atoms with Crippen LogP contribution in [0.5, 0.6) is 0 Å². The smallest absolute Gasteiger partial charge is 0.274 e. The van der Waals surface area contributed by atoms with Gasteiger partial charge in [0.2, 0.25) is 5.91 Å². The second-order valence-electron chi connectivity index (χ2n) is 7.66. The van der Waals surface area contributed by atoms with Crippen molar-refractivity contribution in [1.82, 2.24) is 34.9 Å². The molecule has 150 valence electrons. The molecule has 28 heavy (non-hydrogen) atoms. The highest BCUT2D eigenvalue weighted by Crippen LogP contribution is 2.19. The van der Waals surface area contributed by atoms with E-state index in [0.29, 0.717) is 37.7 Å².